The SMILES string of the molecule is CC(=O)Nc1ccc(Oc2ccc(C(=O)N[C@@H]3C4CCN(CC4)[C@H]3C)cc2)[nH]1.NC(=O)c1ccc(Oc2ccc(N3CCOCC3)[nH]2)cc1. The molecule has 0 unspecified atom stereocenters. The summed E-state index contributed by atoms with van der Waals surface area (Å²) in [6.07, 6.45) is 2.33. The lowest BCUT2D eigenvalue weighted by Gasteiger charge is -2.49. The molecule has 6 heterocycles. The molecule has 4 aliphatic rings. The molecule has 4 fully saturated rings. The molecule has 2 aromatic carbocycles. The lowest BCUT2D eigenvalue weighted by Crippen LogP contribution is -2.62. The molecule has 2 bridgehead atoms. The molecule has 0 spiro atoms. The number of primary amides is 1. The van der Waals surface area contributed by atoms with Crippen LogP contribution in [0.25, 0.3) is 0 Å². The van der Waals surface area contributed by atoms with E-state index >= 15 is 0 Å². The van der Waals surface area contributed by atoms with Crippen LogP contribution >= 0.6 is 0 Å². The number of nitrogens with two attached hydrogens (primary N) is 1. The van der Waals surface area contributed by atoms with Crippen LogP contribution in [0.2, 0.25) is 0 Å². The van der Waals surface area contributed by atoms with Gasteiger partial charge in [-0.15, -0.1) is 0 Å². The highest BCUT2D eigenvalue weighted by atomic mass is 16.5. The summed E-state index contributed by atoms with van der Waals surface area (Å²) < 4.78 is 16.8. The number of carbonyl (C=O) groups is 3. The summed E-state index contributed by atoms with van der Waals surface area (Å²) in [6.45, 7) is 9.16. The van der Waals surface area contributed by atoms with Crippen LogP contribution in [-0.2, 0) is 9.53 Å². The van der Waals surface area contributed by atoms with Crippen molar-refractivity contribution in [2.45, 2.75) is 38.8 Å². The maximum Gasteiger partial charge on any atom is 0.251 e. The Morgan fingerprint density at radius 2 is 1.39 bits per heavy atom. The third-order valence-corrected chi connectivity index (χ3v) is 9.15. The highest BCUT2D eigenvalue weighted by Gasteiger charge is 2.40. The van der Waals surface area contributed by atoms with Gasteiger partial charge in [-0.2, -0.15) is 0 Å². The van der Waals surface area contributed by atoms with Gasteiger partial charge in [0.05, 0.1) is 13.2 Å². The summed E-state index contributed by atoms with van der Waals surface area (Å²) in [5, 5.41) is 5.90. The number of hydrogen-bond acceptors (Lipinski definition) is 8. The van der Waals surface area contributed by atoms with E-state index in [0.29, 0.717) is 52.2 Å². The number of fused-ring (bicyclic) bond motifs is 3. The summed E-state index contributed by atoms with van der Waals surface area (Å²) in [5.74, 6) is 3.97. The number of hydrogen-bond donors (Lipinski definition) is 5. The number of nitrogens with zero attached hydrogens (tertiary/aromatic N) is 2. The molecule has 13 nitrogen and oxygen atoms in total. The predicted molar refractivity (Wildman–Crippen MR) is 185 cm³/mol. The van der Waals surface area contributed by atoms with E-state index in [1.54, 1.807) is 60.7 Å². The van der Waals surface area contributed by atoms with Crippen molar-refractivity contribution >= 4 is 29.4 Å². The molecular weight excluding hydrogens is 626 g/mol. The fraction of sp³-hybridized carbons (Fsp3) is 0.361. The van der Waals surface area contributed by atoms with Crippen molar-refractivity contribution in [2.75, 3.05) is 49.6 Å². The highest BCUT2D eigenvalue weighted by molar-refractivity contribution is 5.94. The molecule has 2 aromatic heterocycles. The van der Waals surface area contributed by atoms with Gasteiger partial charge in [0, 0.05) is 55.4 Å². The Morgan fingerprint density at radius 3 is 1.98 bits per heavy atom. The number of amides is 3. The Hall–Kier alpha value is -5.27. The molecule has 49 heavy (non-hydrogen) atoms. The maximum atomic E-state index is 12.7. The van der Waals surface area contributed by atoms with Gasteiger partial charge in [0.25, 0.3) is 5.91 Å². The molecule has 0 saturated carbocycles. The maximum absolute atomic E-state index is 12.7. The third-order valence-electron chi connectivity index (χ3n) is 9.15. The lowest BCUT2D eigenvalue weighted by atomic mass is 9.79. The van der Waals surface area contributed by atoms with E-state index in [1.807, 2.05) is 12.1 Å². The molecular formula is C36H43N7O6. The number of H-pyrrole nitrogens is 2. The minimum atomic E-state index is -0.448. The molecule has 13 heteroatoms. The van der Waals surface area contributed by atoms with Gasteiger partial charge in [-0.25, -0.2) is 0 Å². The molecule has 0 aliphatic carbocycles. The van der Waals surface area contributed by atoms with Gasteiger partial charge in [-0.3, -0.25) is 19.3 Å². The van der Waals surface area contributed by atoms with E-state index in [2.05, 4.69) is 37.3 Å². The quantitative estimate of drug-likeness (QED) is 0.171. The molecule has 6 N–H and O–H groups in total. The number of benzene rings is 2. The van der Waals surface area contributed by atoms with E-state index < -0.39 is 5.91 Å². The van der Waals surface area contributed by atoms with Crippen molar-refractivity contribution in [3.05, 3.63) is 83.9 Å². The van der Waals surface area contributed by atoms with Crippen LogP contribution < -0.4 is 30.7 Å². The first kappa shape index (κ1) is 33.6. The topological polar surface area (TPSA) is 167 Å². The number of anilines is 2. The average molecular weight is 670 g/mol. The summed E-state index contributed by atoms with van der Waals surface area (Å²) in [4.78, 5) is 45.6. The first-order valence-electron chi connectivity index (χ1n) is 16.6. The smallest absolute Gasteiger partial charge is 0.251 e. The van der Waals surface area contributed by atoms with Crippen LogP contribution in [0, 0.1) is 5.92 Å². The number of piperidine rings is 3. The van der Waals surface area contributed by atoms with E-state index in [0.717, 1.165) is 45.2 Å². The van der Waals surface area contributed by atoms with Crippen LogP contribution in [0.5, 0.6) is 23.3 Å². The number of aromatic nitrogens is 2. The van der Waals surface area contributed by atoms with E-state index in [1.165, 1.54) is 19.8 Å². The minimum Gasteiger partial charge on any atom is -0.441 e. The van der Waals surface area contributed by atoms with Crippen molar-refractivity contribution in [1.29, 1.82) is 0 Å². The van der Waals surface area contributed by atoms with Gasteiger partial charge in [-0.05, 0) is 99.4 Å². The van der Waals surface area contributed by atoms with Gasteiger partial charge < -0.3 is 45.4 Å². The second kappa shape index (κ2) is 15.3. The van der Waals surface area contributed by atoms with E-state index in [4.69, 9.17) is 19.9 Å². The number of carbonyl (C=O) groups excluding carboxylic acids is 3. The summed E-state index contributed by atoms with van der Waals surface area (Å²) in [7, 11) is 0. The van der Waals surface area contributed by atoms with Gasteiger partial charge in [-0.1, -0.05) is 0 Å². The number of morpholine rings is 1. The first-order chi connectivity index (χ1) is 23.7. The monoisotopic (exact) mass is 669 g/mol. The number of ether oxygens (including phenoxy) is 3. The minimum absolute atomic E-state index is 0.0371. The molecule has 3 amide bonds. The largest absolute Gasteiger partial charge is 0.441 e. The third kappa shape index (κ3) is 8.61. The van der Waals surface area contributed by atoms with Crippen molar-refractivity contribution < 1.29 is 28.6 Å². The second-order valence-electron chi connectivity index (χ2n) is 12.5. The Kier molecular flexibility index (Phi) is 10.5. The number of rotatable bonds is 9. The first-order valence-corrected chi connectivity index (χ1v) is 16.6. The number of aromatic amines is 2. The fourth-order valence-corrected chi connectivity index (χ4v) is 6.51. The number of nitrogens with one attached hydrogen (secondary N) is 4. The molecule has 2 atom stereocenters. The summed E-state index contributed by atoms with van der Waals surface area (Å²) in [6, 6.07) is 21.8. The van der Waals surface area contributed by atoms with Crippen LogP contribution in [-0.4, -0.2) is 84.1 Å². The zero-order valence-corrected chi connectivity index (χ0v) is 27.7. The highest BCUT2D eigenvalue weighted by Crippen LogP contribution is 2.32. The Balaban J connectivity index is 0.000000177. The fourth-order valence-electron chi connectivity index (χ4n) is 6.51. The molecule has 4 aliphatic heterocycles. The molecule has 0 radical (unpaired) electrons. The second-order valence-corrected chi connectivity index (χ2v) is 12.5. The standard InChI is InChI=1S/C21H26N4O3.C15H17N3O3/c1-13-20(15-9-11-25(13)12-10-15)24-21(27)16-3-5-17(6-4-16)28-19-8-7-18(23-19)22-14(2)26;16-15(19)11-1-3-12(4-2-11)21-14-6-5-13(17-14)18-7-9-20-10-8-18/h3-8,13,15,20,23H,9-12H2,1-2H3,(H,22,26)(H,24,27);1-6,17H,7-10H2,(H2,16,19)/t13-,20-;/m0./s1. The van der Waals surface area contributed by atoms with Crippen LogP contribution in [0.1, 0.15) is 47.4 Å². The Labute approximate surface area is 285 Å². The van der Waals surface area contributed by atoms with Gasteiger partial charge in [0.1, 0.15) is 23.1 Å². The van der Waals surface area contributed by atoms with Crippen LogP contribution in [0.4, 0.5) is 11.6 Å². The molecule has 4 saturated heterocycles. The van der Waals surface area contributed by atoms with Gasteiger partial charge >= 0.3 is 0 Å². The van der Waals surface area contributed by atoms with E-state index in [-0.39, 0.29) is 17.9 Å². The summed E-state index contributed by atoms with van der Waals surface area (Å²) >= 11 is 0. The Morgan fingerprint density at radius 1 is 0.796 bits per heavy atom. The van der Waals surface area contributed by atoms with E-state index in [9.17, 15) is 14.4 Å². The van der Waals surface area contributed by atoms with Crippen LogP contribution in [0.15, 0.2) is 72.8 Å². The van der Waals surface area contributed by atoms with Crippen molar-refractivity contribution in [2.24, 2.45) is 11.7 Å². The van der Waals surface area contributed by atoms with Crippen LogP contribution in [0.3, 0.4) is 0 Å². The van der Waals surface area contributed by atoms with Gasteiger partial charge in [0.15, 0.2) is 11.8 Å². The lowest BCUT2D eigenvalue weighted by molar-refractivity contribution is -0.114. The molecule has 8 rings (SSSR count). The van der Waals surface area contributed by atoms with Gasteiger partial charge in [0.2, 0.25) is 11.8 Å². The predicted octanol–water partition coefficient (Wildman–Crippen LogP) is 4.72. The zero-order chi connectivity index (χ0) is 34.3. The van der Waals surface area contributed by atoms with Crippen molar-refractivity contribution in [3.63, 3.8) is 0 Å². The molecule has 4 aromatic rings. The van der Waals surface area contributed by atoms with Crippen molar-refractivity contribution in [1.82, 2.24) is 20.2 Å². The molecule has 258 valence electrons. The zero-order valence-electron chi connectivity index (χ0n) is 27.7. The average Bonchev–Trinajstić information content (AvgIpc) is 3.77. The van der Waals surface area contributed by atoms with Crippen molar-refractivity contribution in [3.8, 4) is 23.3 Å². The Bertz CT molecular complexity index is 1720. The summed E-state index contributed by atoms with van der Waals surface area (Å²) in [5.41, 5.74) is 6.29. The normalized spacial score (nSPS) is 21.2.